The molecule has 1 unspecified atom stereocenters. The summed E-state index contributed by atoms with van der Waals surface area (Å²) in [6, 6.07) is 16.2. The lowest BCUT2D eigenvalue weighted by atomic mass is 9.97. The lowest BCUT2D eigenvalue weighted by molar-refractivity contribution is 0.0457. The van der Waals surface area contributed by atoms with E-state index in [4.69, 9.17) is 4.74 Å². The van der Waals surface area contributed by atoms with Crippen molar-refractivity contribution in [2.75, 3.05) is 0 Å². The first-order valence-electron chi connectivity index (χ1n) is 9.10. The quantitative estimate of drug-likeness (QED) is 0.462. The number of unbranched alkanes of at least 4 members (excludes halogenated alkanes) is 2. The van der Waals surface area contributed by atoms with Crippen molar-refractivity contribution < 1.29 is 9.53 Å². The molecule has 0 aliphatic carbocycles. The maximum Gasteiger partial charge on any atom is 0.339 e. The number of carbonyl (C=O) groups excluding carboxylic acids is 1. The summed E-state index contributed by atoms with van der Waals surface area (Å²) in [6.07, 6.45) is 3.29. The molecule has 2 heterocycles. The Labute approximate surface area is 148 Å². The number of aryl methyl sites for hydroxylation is 1. The summed E-state index contributed by atoms with van der Waals surface area (Å²) in [6.45, 7) is 5.37. The van der Waals surface area contributed by atoms with Gasteiger partial charge in [0.1, 0.15) is 0 Å². The minimum atomic E-state index is -0.305. The number of esters is 1. The molecule has 1 aromatic heterocycles. The van der Waals surface area contributed by atoms with Crippen molar-refractivity contribution >= 4 is 16.9 Å². The highest BCUT2D eigenvalue weighted by Gasteiger charge is 2.35. The maximum absolute atomic E-state index is 12.3. The predicted octanol–water partition coefficient (Wildman–Crippen LogP) is 5.40. The summed E-state index contributed by atoms with van der Waals surface area (Å²) in [4.78, 5) is 12.3. The third-order valence-electron chi connectivity index (χ3n) is 5.22. The normalized spacial score (nSPS) is 16.2. The van der Waals surface area contributed by atoms with Crippen molar-refractivity contribution in [3.05, 3.63) is 70.9 Å². The molecule has 1 atom stereocenters. The van der Waals surface area contributed by atoms with E-state index in [1.165, 1.54) is 29.4 Å². The van der Waals surface area contributed by atoms with E-state index in [-0.39, 0.29) is 12.1 Å². The van der Waals surface area contributed by atoms with Crippen LogP contribution in [0.4, 0.5) is 0 Å². The van der Waals surface area contributed by atoms with E-state index < -0.39 is 0 Å². The molecular weight excluding hydrogens is 310 g/mol. The van der Waals surface area contributed by atoms with Gasteiger partial charge in [-0.15, -0.1) is 0 Å². The molecule has 0 saturated heterocycles. The highest BCUT2D eigenvalue weighted by Crippen LogP contribution is 2.41. The zero-order valence-corrected chi connectivity index (χ0v) is 14.8. The van der Waals surface area contributed by atoms with E-state index >= 15 is 0 Å². The third-order valence-corrected chi connectivity index (χ3v) is 5.22. The molecule has 3 nitrogen and oxygen atoms in total. The number of ether oxygens (including phenoxy) is 1. The molecule has 0 bridgehead atoms. The van der Waals surface area contributed by atoms with Crippen LogP contribution in [0.2, 0.25) is 0 Å². The van der Waals surface area contributed by atoms with E-state index in [1.54, 1.807) is 0 Å². The second kappa shape index (κ2) is 6.40. The molecule has 1 aliphatic rings. The summed E-state index contributed by atoms with van der Waals surface area (Å²) in [5, 5.41) is 1.19. The van der Waals surface area contributed by atoms with Gasteiger partial charge in [0.2, 0.25) is 0 Å². The second-order valence-electron chi connectivity index (χ2n) is 6.75. The van der Waals surface area contributed by atoms with E-state index in [0.29, 0.717) is 5.56 Å². The SMILES string of the molecule is CCCCCn1c(C)c(C2OC(=O)c3ccccc32)c2ccccc21. The Morgan fingerprint density at radius 3 is 2.64 bits per heavy atom. The summed E-state index contributed by atoms with van der Waals surface area (Å²) >= 11 is 0. The summed E-state index contributed by atoms with van der Waals surface area (Å²) in [5.74, 6) is -0.220. The molecule has 0 spiro atoms. The van der Waals surface area contributed by atoms with Gasteiger partial charge in [0.15, 0.2) is 6.10 Å². The minimum Gasteiger partial charge on any atom is -0.449 e. The van der Waals surface area contributed by atoms with Gasteiger partial charge in [-0.05, 0) is 25.5 Å². The molecule has 128 valence electrons. The largest absolute Gasteiger partial charge is 0.449 e. The van der Waals surface area contributed by atoms with Crippen LogP contribution in [0.1, 0.15) is 59.5 Å². The first-order chi connectivity index (χ1) is 12.2. The smallest absolute Gasteiger partial charge is 0.339 e. The molecule has 0 amide bonds. The fraction of sp³-hybridized carbons (Fsp3) is 0.318. The van der Waals surface area contributed by atoms with Crippen LogP contribution in [0.25, 0.3) is 10.9 Å². The number of hydrogen-bond donors (Lipinski definition) is 0. The lowest BCUT2D eigenvalue weighted by Gasteiger charge is -2.13. The van der Waals surface area contributed by atoms with Crippen molar-refractivity contribution in [1.82, 2.24) is 4.57 Å². The molecule has 2 aromatic carbocycles. The Morgan fingerprint density at radius 2 is 1.80 bits per heavy atom. The summed E-state index contributed by atoms with van der Waals surface area (Å²) in [7, 11) is 0. The Kier molecular flexibility index (Phi) is 4.08. The Balaban J connectivity index is 1.86. The van der Waals surface area contributed by atoms with Crippen molar-refractivity contribution in [1.29, 1.82) is 0 Å². The fourth-order valence-corrected chi connectivity index (χ4v) is 3.96. The Bertz CT molecular complexity index is 938. The molecule has 4 rings (SSSR count). The van der Waals surface area contributed by atoms with Crippen LogP contribution >= 0.6 is 0 Å². The van der Waals surface area contributed by atoms with E-state index in [0.717, 1.165) is 24.1 Å². The van der Waals surface area contributed by atoms with Gasteiger partial charge >= 0.3 is 5.97 Å². The zero-order valence-electron chi connectivity index (χ0n) is 14.8. The Hall–Kier alpha value is -2.55. The third kappa shape index (κ3) is 2.55. The van der Waals surface area contributed by atoms with Crippen molar-refractivity contribution in [2.24, 2.45) is 0 Å². The molecule has 3 aromatic rings. The van der Waals surface area contributed by atoms with E-state index in [2.05, 4.69) is 42.7 Å². The van der Waals surface area contributed by atoms with Gasteiger partial charge in [-0.1, -0.05) is 56.2 Å². The number of aromatic nitrogens is 1. The monoisotopic (exact) mass is 333 g/mol. The van der Waals surface area contributed by atoms with Crippen LogP contribution in [-0.4, -0.2) is 10.5 Å². The Morgan fingerprint density at radius 1 is 1.04 bits per heavy atom. The average Bonchev–Trinajstić information content (AvgIpc) is 3.10. The number of carbonyl (C=O) groups is 1. The van der Waals surface area contributed by atoms with Gasteiger partial charge in [0.05, 0.1) is 5.56 Å². The first kappa shape index (κ1) is 15.9. The number of hydrogen-bond acceptors (Lipinski definition) is 2. The fourth-order valence-electron chi connectivity index (χ4n) is 3.96. The molecule has 0 radical (unpaired) electrons. The molecule has 3 heteroatoms. The van der Waals surface area contributed by atoms with Crippen LogP contribution < -0.4 is 0 Å². The maximum atomic E-state index is 12.3. The van der Waals surface area contributed by atoms with Gasteiger partial charge in [-0.3, -0.25) is 0 Å². The molecule has 0 saturated carbocycles. The molecule has 0 N–H and O–H groups in total. The van der Waals surface area contributed by atoms with Gasteiger partial charge in [-0.25, -0.2) is 4.79 Å². The predicted molar refractivity (Wildman–Crippen MR) is 99.9 cm³/mol. The average molecular weight is 333 g/mol. The highest BCUT2D eigenvalue weighted by molar-refractivity contribution is 5.96. The standard InChI is InChI=1S/C22H23NO2/c1-3-4-9-14-23-15(2)20(18-12-7-8-13-19(18)23)21-16-10-5-6-11-17(16)22(24)25-21/h5-8,10-13,21H,3-4,9,14H2,1-2H3. The molecule has 1 aliphatic heterocycles. The van der Waals surface area contributed by atoms with Gasteiger partial charge in [-0.2, -0.15) is 0 Å². The van der Waals surface area contributed by atoms with Crippen LogP contribution in [0.15, 0.2) is 48.5 Å². The lowest BCUT2D eigenvalue weighted by Crippen LogP contribution is -2.05. The summed E-state index contributed by atoms with van der Waals surface area (Å²) < 4.78 is 8.18. The first-order valence-corrected chi connectivity index (χ1v) is 9.10. The zero-order chi connectivity index (χ0) is 17.4. The second-order valence-corrected chi connectivity index (χ2v) is 6.75. The summed E-state index contributed by atoms with van der Waals surface area (Å²) in [5.41, 5.74) is 5.23. The van der Waals surface area contributed by atoms with Crippen molar-refractivity contribution in [3.63, 3.8) is 0 Å². The van der Waals surface area contributed by atoms with E-state index in [9.17, 15) is 4.79 Å². The van der Waals surface area contributed by atoms with Gasteiger partial charge in [0.25, 0.3) is 0 Å². The van der Waals surface area contributed by atoms with Crippen molar-refractivity contribution in [2.45, 2.75) is 45.8 Å². The number of fused-ring (bicyclic) bond motifs is 2. The molecular formula is C22H23NO2. The minimum absolute atomic E-state index is 0.220. The molecule has 25 heavy (non-hydrogen) atoms. The molecule has 0 fully saturated rings. The topological polar surface area (TPSA) is 31.2 Å². The van der Waals surface area contributed by atoms with Crippen LogP contribution in [0, 0.1) is 6.92 Å². The number of benzene rings is 2. The number of para-hydroxylation sites is 1. The van der Waals surface area contributed by atoms with Gasteiger partial charge in [0, 0.05) is 34.3 Å². The van der Waals surface area contributed by atoms with Crippen LogP contribution in [0.5, 0.6) is 0 Å². The highest BCUT2D eigenvalue weighted by atomic mass is 16.5. The van der Waals surface area contributed by atoms with Gasteiger partial charge < -0.3 is 9.30 Å². The number of cyclic esters (lactones) is 1. The number of rotatable bonds is 5. The van der Waals surface area contributed by atoms with E-state index in [1.807, 2.05) is 24.3 Å². The van der Waals surface area contributed by atoms with Crippen LogP contribution in [0.3, 0.4) is 0 Å². The van der Waals surface area contributed by atoms with Crippen LogP contribution in [-0.2, 0) is 11.3 Å². The number of nitrogens with zero attached hydrogens (tertiary/aromatic N) is 1. The van der Waals surface area contributed by atoms with Crippen molar-refractivity contribution in [3.8, 4) is 0 Å².